The maximum atomic E-state index is 2.40. The van der Waals surface area contributed by atoms with E-state index >= 15 is 0 Å². The second-order valence-corrected chi connectivity index (χ2v) is 9.25. The van der Waals surface area contributed by atoms with Crippen LogP contribution in [0.4, 0.5) is 28.4 Å². The van der Waals surface area contributed by atoms with Crippen LogP contribution < -0.4 is 9.80 Å². The first kappa shape index (κ1) is 23.4. The van der Waals surface area contributed by atoms with Gasteiger partial charge in [-0.15, -0.1) is 0 Å². The Hall–Kier alpha value is -4.30. The molecular weight excluding hydrogens is 436 g/mol. The van der Waals surface area contributed by atoms with Crippen molar-refractivity contribution >= 4 is 28.4 Å². The van der Waals surface area contributed by atoms with E-state index in [1.54, 1.807) is 0 Å². The molecule has 0 saturated carbocycles. The Morgan fingerprint density at radius 2 is 0.806 bits per heavy atom. The van der Waals surface area contributed by atoms with Gasteiger partial charge in [-0.1, -0.05) is 83.9 Å². The average molecular weight is 469 g/mol. The molecule has 0 aliphatic rings. The molecule has 178 valence electrons. The first-order chi connectivity index (χ1) is 17.7. The van der Waals surface area contributed by atoms with E-state index in [0.29, 0.717) is 0 Å². The molecule has 0 heterocycles. The summed E-state index contributed by atoms with van der Waals surface area (Å²) in [6.07, 6.45) is 0.957. The van der Waals surface area contributed by atoms with E-state index in [-0.39, 0.29) is 0 Å². The van der Waals surface area contributed by atoms with Crippen molar-refractivity contribution in [2.75, 3.05) is 16.3 Å². The number of benzene rings is 5. The van der Waals surface area contributed by atoms with Gasteiger partial charge in [0.15, 0.2) is 0 Å². The number of anilines is 5. The number of aryl methyl sites for hydroxylation is 2. The van der Waals surface area contributed by atoms with Crippen LogP contribution in [0.15, 0.2) is 133 Å². The summed E-state index contributed by atoms with van der Waals surface area (Å²) in [5.41, 5.74) is 9.78. The van der Waals surface area contributed by atoms with Crippen molar-refractivity contribution in [3.63, 3.8) is 0 Å². The lowest BCUT2D eigenvalue weighted by atomic mass is 10.1. The Bertz CT molecular complexity index is 1360. The van der Waals surface area contributed by atoms with Crippen LogP contribution in [0, 0.1) is 13.8 Å². The molecule has 0 aliphatic heterocycles. The van der Waals surface area contributed by atoms with Crippen LogP contribution >= 0.6 is 0 Å². The summed E-state index contributed by atoms with van der Waals surface area (Å²) in [7, 11) is 0. The van der Waals surface area contributed by atoms with Gasteiger partial charge in [0.05, 0.1) is 0 Å². The molecule has 0 aliphatic carbocycles. The van der Waals surface area contributed by atoms with Gasteiger partial charge >= 0.3 is 0 Å². The second kappa shape index (κ2) is 11.0. The molecule has 0 N–H and O–H groups in total. The van der Waals surface area contributed by atoms with Crippen molar-refractivity contribution in [2.24, 2.45) is 0 Å². The van der Waals surface area contributed by atoms with E-state index in [0.717, 1.165) is 30.0 Å². The van der Waals surface area contributed by atoms with Gasteiger partial charge in [-0.2, -0.15) is 0 Å². The van der Waals surface area contributed by atoms with Gasteiger partial charge in [-0.3, -0.25) is 0 Å². The molecule has 0 atom stereocenters. The Labute approximate surface area is 215 Å². The first-order valence-electron chi connectivity index (χ1n) is 12.6. The van der Waals surface area contributed by atoms with Crippen molar-refractivity contribution in [1.82, 2.24) is 0 Å². The van der Waals surface area contributed by atoms with E-state index in [9.17, 15) is 0 Å². The van der Waals surface area contributed by atoms with Crippen molar-refractivity contribution in [3.05, 3.63) is 150 Å². The molecule has 0 aromatic heterocycles. The monoisotopic (exact) mass is 468 g/mol. The number of nitrogens with zero attached hydrogens (tertiary/aromatic N) is 2. The third-order valence-electron chi connectivity index (χ3n) is 6.54. The molecule has 5 rings (SSSR count). The summed E-state index contributed by atoms with van der Waals surface area (Å²) in [5, 5.41) is 0. The van der Waals surface area contributed by atoms with Gasteiger partial charge < -0.3 is 9.80 Å². The average Bonchev–Trinajstić information content (AvgIpc) is 2.93. The zero-order valence-electron chi connectivity index (χ0n) is 21.0. The van der Waals surface area contributed by atoms with E-state index in [2.05, 4.69) is 157 Å². The predicted molar refractivity (Wildman–Crippen MR) is 154 cm³/mol. The molecular formula is C34H32N2. The van der Waals surface area contributed by atoms with Gasteiger partial charge in [0.25, 0.3) is 0 Å². The summed E-state index contributed by atoms with van der Waals surface area (Å²) in [5.74, 6) is 0. The Morgan fingerprint density at radius 3 is 1.33 bits per heavy atom. The van der Waals surface area contributed by atoms with Gasteiger partial charge in [0.1, 0.15) is 0 Å². The summed E-state index contributed by atoms with van der Waals surface area (Å²) >= 11 is 0. The van der Waals surface area contributed by atoms with Gasteiger partial charge in [0.2, 0.25) is 0 Å². The van der Waals surface area contributed by atoms with Crippen LogP contribution in [0.25, 0.3) is 0 Å². The number of hydrogen-bond acceptors (Lipinski definition) is 2. The van der Waals surface area contributed by atoms with Gasteiger partial charge in [-0.25, -0.2) is 0 Å². The minimum atomic E-state index is 0.910. The molecule has 0 radical (unpaired) electrons. The standard InChI is InChI=1S/C34H32N2/c1-27-13-19-31(20-14-27)35(30-9-5-3-6-10-30)26-25-29-17-23-34(24-18-29)36(32-11-7-4-8-12-32)33-21-15-28(2)16-22-33/h3-24H,25-26H2,1-2H3. The van der Waals surface area contributed by atoms with E-state index in [1.165, 1.54) is 28.1 Å². The largest absolute Gasteiger partial charge is 0.341 e. The predicted octanol–water partition coefficient (Wildman–Crippen LogP) is 9.15. The molecule has 0 amide bonds. The van der Waals surface area contributed by atoms with E-state index in [4.69, 9.17) is 0 Å². The lowest BCUT2D eigenvalue weighted by molar-refractivity contribution is 0.913. The molecule has 0 bridgehead atoms. The highest BCUT2D eigenvalue weighted by Gasteiger charge is 2.13. The molecule has 2 nitrogen and oxygen atoms in total. The van der Waals surface area contributed by atoms with E-state index < -0.39 is 0 Å². The molecule has 0 fully saturated rings. The maximum Gasteiger partial charge on any atom is 0.0461 e. The number of rotatable bonds is 8. The lowest BCUT2D eigenvalue weighted by Gasteiger charge is -2.27. The zero-order valence-corrected chi connectivity index (χ0v) is 21.0. The summed E-state index contributed by atoms with van der Waals surface area (Å²) in [6.45, 7) is 5.17. The van der Waals surface area contributed by atoms with Crippen LogP contribution in [-0.2, 0) is 6.42 Å². The minimum Gasteiger partial charge on any atom is -0.341 e. The first-order valence-corrected chi connectivity index (χ1v) is 12.6. The van der Waals surface area contributed by atoms with Crippen LogP contribution in [0.3, 0.4) is 0 Å². The maximum absolute atomic E-state index is 2.40. The van der Waals surface area contributed by atoms with Crippen LogP contribution in [-0.4, -0.2) is 6.54 Å². The second-order valence-electron chi connectivity index (χ2n) is 9.25. The normalized spacial score (nSPS) is 10.7. The van der Waals surface area contributed by atoms with Gasteiger partial charge in [0, 0.05) is 35.0 Å². The highest BCUT2D eigenvalue weighted by Crippen LogP contribution is 2.34. The molecule has 36 heavy (non-hydrogen) atoms. The smallest absolute Gasteiger partial charge is 0.0461 e. The quantitative estimate of drug-likeness (QED) is 0.224. The molecule has 5 aromatic rings. The van der Waals surface area contributed by atoms with Crippen LogP contribution in [0.2, 0.25) is 0 Å². The Kier molecular flexibility index (Phi) is 7.14. The third kappa shape index (κ3) is 5.50. The lowest BCUT2D eigenvalue weighted by Crippen LogP contribution is -2.20. The molecule has 5 aromatic carbocycles. The SMILES string of the molecule is Cc1ccc(N(CCc2ccc(N(c3ccccc3)c3ccc(C)cc3)cc2)c2ccccc2)cc1. The highest BCUT2D eigenvalue weighted by molar-refractivity contribution is 5.76. The number of para-hydroxylation sites is 2. The van der Waals surface area contributed by atoms with Crippen molar-refractivity contribution in [2.45, 2.75) is 20.3 Å². The molecule has 0 saturated heterocycles. The molecule has 0 spiro atoms. The fraction of sp³-hybridized carbons (Fsp3) is 0.118. The minimum absolute atomic E-state index is 0.910. The fourth-order valence-electron chi connectivity index (χ4n) is 4.51. The van der Waals surface area contributed by atoms with E-state index in [1.807, 2.05) is 0 Å². The van der Waals surface area contributed by atoms with Crippen LogP contribution in [0.1, 0.15) is 16.7 Å². The van der Waals surface area contributed by atoms with Crippen molar-refractivity contribution in [3.8, 4) is 0 Å². The zero-order chi connectivity index (χ0) is 24.7. The highest BCUT2D eigenvalue weighted by atomic mass is 15.1. The number of hydrogen-bond donors (Lipinski definition) is 0. The van der Waals surface area contributed by atoms with Gasteiger partial charge in [-0.05, 0) is 86.5 Å². The third-order valence-corrected chi connectivity index (χ3v) is 6.54. The topological polar surface area (TPSA) is 6.48 Å². The fourth-order valence-corrected chi connectivity index (χ4v) is 4.51. The Balaban J connectivity index is 1.38. The van der Waals surface area contributed by atoms with Crippen molar-refractivity contribution in [1.29, 1.82) is 0 Å². The summed E-state index contributed by atoms with van der Waals surface area (Å²) in [6, 6.07) is 47.7. The summed E-state index contributed by atoms with van der Waals surface area (Å²) < 4.78 is 0. The molecule has 2 heteroatoms. The Morgan fingerprint density at radius 1 is 0.417 bits per heavy atom. The van der Waals surface area contributed by atoms with Crippen molar-refractivity contribution < 1.29 is 0 Å². The summed E-state index contributed by atoms with van der Waals surface area (Å²) in [4.78, 5) is 4.71. The van der Waals surface area contributed by atoms with Crippen LogP contribution in [0.5, 0.6) is 0 Å². The molecule has 0 unspecified atom stereocenters.